The lowest BCUT2D eigenvalue weighted by Gasteiger charge is -2.19. The number of aliphatic hydroxyl groups is 1. The van der Waals surface area contributed by atoms with Crippen molar-refractivity contribution in [2.45, 2.75) is 12.5 Å². The van der Waals surface area contributed by atoms with Gasteiger partial charge in [-0.1, -0.05) is 72.8 Å². The zero-order valence-corrected chi connectivity index (χ0v) is 14.3. The molecule has 0 heterocycles. The second-order valence-corrected chi connectivity index (χ2v) is 6.06. The minimum atomic E-state index is -0.366. The molecule has 0 aliphatic rings. The average molecular weight is 347 g/mol. The lowest BCUT2D eigenvalue weighted by atomic mass is 9.91. The van der Waals surface area contributed by atoms with Crippen LogP contribution in [0, 0.1) is 0 Å². The van der Waals surface area contributed by atoms with Gasteiger partial charge in [-0.15, -0.1) is 0 Å². The third-order valence-corrected chi connectivity index (χ3v) is 4.41. The predicted molar refractivity (Wildman–Crippen MR) is 101 cm³/mol. The number of para-hydroxylation sites is 1. The fourth-order valence-corrected chi connectivity index (χ4v) is 2.99. The van der Waals surface area contributed by atoms with Crippen LogP contribution in [0.15, 0.2) is 78.9 Å². The number of aromatic hydroxyl groups is 1. The molecule has 132 valence electrons. The monoisotopic (exact) mass is 347 g/mol. The highest BCUT2D eigenvalue weighted by Gasteiger charge is 2.18. The first kappa shape index (κ1) is 17.7. The fourth-order valence-electron chi connectivity index (χ4n) is 2.99. The van der Waals surface area contributed by atoms with E-state index in [9.17, 15) is 15.0 Å². The molecule has 3 aromatic carbocycles. The molecule has 4 heteroatoms. The van der Waals surface area contributed by atoms with E-state index in [1.165, 1.54) is 0 Å². The maximum Gasteiger partial charge on any atom is 0.255 e. The topological polar surface area (TPSA) is 69.6 Å². The molecule has 0 aliphatic carbocycles. The molecule has 0 saturated carbocycles. The molecule has 26 heavy (non-hydrogen) atoms. The Morgan fingerprint density at radius 2 is 1.42 bits per heavy atom. The standard InChI is InChI=1S/C22H21NO3/c24-15-18-12-7-13-19(21(18)25)22(26)23-14-20(16-8-3-1-4-9-16)17-10-5-2-6-11-17/h1-13,20,24-25H,14-15H2,(H,23,26). The lowest BCUT2D eigenvalue weighted by Crippen LogP contribution is -2.29. The molecule has 4 nitrogen and oxygen atoms in total. The molecule has 0 unspecified atom stereocenters. The van der Waals surface area contributed by atoms with Crippen molar-refractivity contribution in [1.29, 1.82) is 0 Å². The summed E-state index contributed by atoms with van der Waals surface area (Å²) in [5.74, 6) is -0.539. The third kappa shape index (κ3) is 3.92. The van der Waals surface area contributed by atoms with Gasteiger partial charge in [-0.3, -0.25) is 4.79 Å². The second kappa shape index (κ2) is 8.32. The van der Waals surface area contributed by atoms with Crippen molar-refractivity contribution in [2.75, 3.05) is 6.54 Å². The van der Waals surface area contributed by atoms with Crippen molar-refractivity contribution in [2.24, 2.45) is 0 Å². The number of nitrogens with one attached hydrogen (secondary N) is 1. The van der Waals surface area contributed by atoms with E-state index >= 15 is 0 Å². The van der Waals surface area contributed by atoms with Gasteiger partial charge in [0.25, 0.3) is 5.91 Å². The van der Waals surface area contributed by atoms with E-state index in [-0.39, 0.29) is 29.7 Å². The van der Waals surface area contributed by atoms with Crippen LogP contribution in [0.25, 0.3) is 0 Å². The van der Waals surface area contributed by atoms with E-state index in [0.717, 1.165) is 11.1 Å². The normalized spacial score (nSPS) is 10.7. The Morgan fingerprint density at radius 1 is 0.846 bits per heavy atom. The van der Waals surface area contributed by atoms with Gasteiger partial charge in [0, 0.05) is 18.0 Å². The van der Waals surface area contributed by atoms with Gasteiger partial charge >= 0.3 is 0 Å². The zero-order valence-electron chi connectivity index (χ0n) is 14.3. The number of hydrogen-bond acceptors (Lipinski definition) is 3. The summed E-state index contributed by atoms with van der Waals surface area (Å²) in [6, 6.07) is 24.7. The molecule has 0 bridgehead atoms. The number of hydrogen-bond donors (Lipinski definition) is 3. The van der Waals surface area contributed by atoms with Gasteiger partial charge in [0.15, 0.2) is 0 Å². The van der Waals surface area contributed by atoms with Crippen LogP contribution >= 0.6 is 0 Å². The quantitative estimate of drug-likeness (QED) is 0.640. The van der Waals surface area contributed by atoms with Gasteiger partial charge in [-0.05, 0) is 17.2 Å². The van der Waals surface area contributed by atoms with Gasteiger partial charge in [0.05, 0.1) is 12.2 Å². The summed E-state index contributed by atoms with van der Waals surface area (Å²) >= 11 is 0. The molecule has 1 amide bonds. The third-order valence-electron chi connectivity index (χ3n) is 4.41. The van der Waals surface area contributed by atoms with Gasteiger partial charge < -0.3 is 15.5 Å². The van der Waals surface area contributed by atoms with Crippen LogP contribution in [0.4, 0.5) is 0 Å². The van der Waals surface area contributed by atoms with Crippen LogP contribution in [0.1, 0.15) is 33.0 Å². The number of aliphatic hydroxyl groups excluding tert-OH is 1. The van der Waals surface area contributed by atoms with Crippen molar-refractivity contribution < 1.29 is 15.0 Å². The van der Waals surface area contributed by atoms with Gasteiger partial charge in [-0.25, -0.2) is 0 Å². The molecule has 0 fully saturated rings. The largest absolute Gasteiger partial charge is 0.507 e. The number of phenols is 1. The summed E-state index contributed by atoms with van der Waals surface area (Å²) in [4.78, 5) is 12.5. The number of benzene rings is 3. The molecule has 0 spiro atoms. The Labute approximate surface area is 152 Å². The summed E-state index contributed by atoms with van der Waals surface area (Å²) in [5.41, 5.74) is 2.71. The summed E-state index contributed by atoms with van der Waals surface area (Å²) in [6.45, 7) is 0.0826. The van der Waals surface area contributed by atoms with Crippen LogP contribution in [0.3, 0.4) is 0 Å². The minimum Gasteiger partial charge on any atom is -0.507 e. The smallest absolute Gasteiger partial charge is 0.255 e. The number of amides is 1. The Hall–Kier alpha value is -3.11. The van der Waals surface area contributed by atoms with Crippen LogP contribution in [-0.2, 0) is 6.61 Å². The van der Waals surface area contributed by atoms with E-state index in [4.69, 9.17) is 0 Å². The molecule has 0 atom stereocenters. The molecule has 0 radical (unpaired) electrons. The van der Waals surface area contributed by atoms with Crippen molar-refractivity contribution in [3.8, 4) is 5.75 Å². The maximum atomic E-state index is 12.5. The van der Waals surface area contributed by atoms with E-state index in [1.807, 2.05) is 60.7 Å². The van der Waals surface area contributed by atoms with Crippen LogP contribution in [-0.4, -0.2) is 22.7 Å². The Bertz CT molecular complexity index is 824. The van der Waals surface area contributed by atoms with E-state index in [1.54, 1.807) is 18.2 Å². The van der Waals surface area contributed by atoms with Gasteiger partial charge in [0.1, 0.15) is 5.75 Å². The van der Waals surface area contributed by atoms with E-state index in [0.29, 0.717) is 12.1 Å². The van der Waals surface area contributed by atoms with E-state index in [2.05, 4.69) is 5.32 Å². The van der Waals surface area contributed by atoms with Gasteiger partial charge in [-0.2, -0.15) is 0 Å². The SMILES string of the molecule is O=C(NCC(c1ccccc1)c1ccccc1)c1cccc(CO)c1O. The first-order valence-corrected chi connectivity index (χ1v) is 8.50. The molecule has 0 aliphatic heterocycles. The second-order valence-electron chi connectivity index (χ2n) is 6.06. The highest BCUT2D eigenvalue weighted by Crippen LogP contribution is 2.25. The summed E-state index contributed by atoms with van der Waals surface area (Å²) < 4.78 is 0. The van der Waals surface area contributed by atoms with Crippen LogP contribution in [0.5, 0.6) is 5.75 Å². The zero-order chi connectivity index (χ0) is 18.4. The van der Waals surface area contributed by atoms with Crippen molar-refractivity contribution >= 4 is 5.91 Å². The van der Waals surface area contributed by atoms with Crippen LogP contribution < -0.4 is 5.32 Å². The number of carbonyl (C=O) groups excluding carboxylic acids is 1. The Morgan fingerprint density at radius 3 is 1.96 bits per heavy atom. The van der Waals surface area contributed by atoms with Crippen molar-refractivity contribution in [3.63, 3.8) is 0 Å². The van der Waals surface area contributed by atoms with Crippen LogP contribution in [0.2, 0.25) is 0 Å². The van der Waals surface area contributed by atoms with Crippen molar-refractivity contribution in [1.82, 2.24) is 5.32 Å². The highest BCUT2D eigenvalue weighted by atomic mass is 16.3. The molecular formula is C22H21NO3. The summed E-state index contributed by atoms with van der Waals surface area (Å²) in [5, 5.41) is 22.3. The van der Waals surface area contributed by atoms with E-state index < -0.39 is 0 Å². The molecule has 0 saturated heterocycles. The van der Waals surface area contributed by atoms with Crippen molar-refractivity contribution in [3.05, 3.63) is 101 Å². The first-order chi connectivity index (χ1) is 12.7. The maximum absolute atomic E-state index is 12.5. The minimum absolute atomic E-state index is 0.00418. The number of carbonyl (C=O) groups is 1. The predicted octanol–water partition coefficient (Wildman–Crippen LogP) is 3.45. The molecule has 3 N–H and O–H groups in total. The molecule has 0 aromatic heterocycles. The lowest BCUT2D eigenvalue weighted by molar-refractivity contribution is 0.0949. The highest BCUT2D eigenvalue weighted by molar-refractivity contribution is 5.97. The molecule has 3 rings (SSSR count). The Balaban J connectivity index is 1.81. The number of rotatable bonds is 6. The average Bonchev–Trinajstić information content (AvgIpc) is 2.70. The fraction of sp³-hybridized carbons (Fsp3) is 0.136. The molecular weight excluding hydrogens is 326 g/mol. The summed E-state index contributed by atoms with van der Waals surface area (Å²) in [7, 11) is 0. The first-order valence-electron chi connectivity index (χ1n) is 8.50. The summed E-state index contributed by atoms with van der Waals surface area (Å²) in [6.07, 6.45) is 0. The van der Waals surface area contributed by atoms with Gasteiger partial charge in [0.2, 0.25) is 0 Å². The molecule has 3 aromatic rings. The Kier molecular flexibility index (Phi) is 5.66.